The molecular formula is C11H5Br2F3N2O2. The van der Waals surface area contributed by atoms with Crippen molar-refractivity contribution in [2.24, 2.45) is 0 Å². The van der Waals surface area contributed by atoms with Gasteiger partial charge in [0.2, 0.25) is 5.88 Å². The average molecular weight is 414 g/mol. The average Bonchev–Trinajstić information content (AvgIpc) is 2.34. The molecule has 2 rings (SSSR count). The monoisotopic (exact) mass is 412 g/mol. The molecule has 0 atom stereocenters. The highest BCUT2D eigenvalue weighted by atomic mass is 79.9. The summed E-state index contributed by atoms with van der Waals surface area (Å²) in [4.78, 5) is 7.64. The smallest absolute Gasteiger partial charge is 0.438 e. The zero-order chi connectivity index (χ0) is 14.8. The fourth-order valence-electron chi connectivity index (χ4n) is 1.24. The van der Waals surface area contributed by atoms with Crippen LogP contribution >= 0.6 is 31.9 Å². The lowest BCUT2D eigenvalue weighted by atomic mass is 10.3. The minimum Gasteiger partial charge on any atom is -0.438 e. The molecule has 0 radical (unpaired) electrons. The van der Waals surface area contributed by atoms with Crippen molar-refractivity contribution >= 4 is 31.9 Å². The van der Waals surface area contributed by atoms with E-state index < -0.39 is 6.36 Å². The number of rotatable bonds is 3. The van der Waals surface area contributed by atoms with E-state index in [1.54, 1.807) is 0 Å². The third kappa shape index (κ3) is 4.07. The van der Waals surface area contributed by atoms with Crippen LogP contribution in [-0.4, -0.2) is 16.3 Å². The Labute approximate surface area is 128 Å². The van der Waals surface area contributed by atoms with E-state index in [1.807, 2.05) is 0 Å². The van der Waals surface area contributed by atoms with Crippen molar-refractivity contribution in [1.82, 2.24) is 9.97 Å². The van der Waals surface area contributed by atoms with E-state index in [1.165, 1.54) is 24.7 Å². The molecule has 20 heavy (non-hydrogen) atoms. The molecule has 0 aliphatic rings. The topological polar surface area (TPSA) is 44.2 Å². The number of halogens is 5. The second-order valence-corrected chi connectivity index (χ2v) is 5.13. The molecule has 0 spiro atoms. The summed E-state index contributed by atoms with van der Waals surface area (Å²) < 4.78 is 46.2. The summed E-state index contributed by atoms with van der Waals surface area (Å²) in [5, 5.41) is 0. The molecule has 0 bridgehead atoms. The van der Waals surface area contributed by atoms with Crippen LogP contribution in [0.15, 0.2) is 39.7 Å². The van der Waals surface area contributed by atoms with Gasteiger partial charge in [-0.05, 0) is 50.1 Å². The number of ether oxygens (including phenoxy) is 2. The van der Waals surface area contributed by atoms with Gasteiger partial charge in [-0.1, -0.05) is 0 Å². The quantitative estimate of drug-likeness (QED) is 0.732. The van der Waals surface area contributed by atoms with Crippen LogP contribution in [0.1, 0.15) is 0 Å². The molecule has 0 fully saturated rings. The first-order chi connectivity index (χ1) is 9.35. The summed E-state index contributed by atoms with van der Waals surface area (Å²) >= 11 is 6.17. The molecule has 2 aromatic rings. The Hall–Kier alpha value is -1.35. The van der Waals surface area contributed by atoms with Gasteiger partial charge in [0.15, 0.2) is 0 Å². The minimum absolute atomic E-state index is 0.109. The lowest BCUT2D eigenvalue weighted by Crippen LogP contribution is -2.17. The van der Waals surface area contributed by atoms with E-state index in [2.05, 4.69) is 46.6 Å². The molecule has 0 saturated carbocycles. The molecule has 4 nitrogen and oxygen atoms in total. The van der Waals surface area contributed by atoms with E-state index in [4.69, 9.17) is 4.74 Å². The zero-order valence-electron chi connectivity index (χ0n) is 9.49. The van der Waals surface area contributed by atoms with Crippen LogP contribution in [0, 0.1) is 0 Å². The van der Waals surface area contributed by atoms with Gasteiger partial charge in [0.05, 0.1) is 8.95 Å². The summed E-state index contributed by atoms with van der Waals surface area (Å²) in [5.74, 6) is 0.189. The fraction of sp³-hybridized carbons (Fsp3) is 0.0909. The minimum atomic E-state index is -4.75. The van der Waals surface area contributed by atoms with Gasteiger partial charge in [-0.3, -0.25) is 0 Å². The van der Waals surface area contributed by atoms with Crippen molar-refractivity contribution in [3.63, 3.8) is 0 Å². The van der Waals surface area contributed by atoms with Gasteiger partial charge in [0.25, 0.3) is 0 Å². The largest absolute Gasteiger partial charge is 0.573 e. The standard InChI is InChI=1S/C11H5Br2F3N2O2/c12-7-3-6(1-2-9(7)20-11(14,15)16)19-10-8(13)4-17-5-18-10/h1-5H. The molecule has 0 amide bonds. The Bertz CT molecular complexity index is 623. The van der Waals surface area contributed by atoms with Crippen molar-refractivity contribution in [2.75, 3.05) is 0 Å². The highest BCUT2D eigenvalue weighted by Crippen LogP contribution is 2.35. The number of nitrogens with zero attached hydrogens (tertiary/aromatic N) is 2. The SMILES string of the molecule is FC(F)(F)Oc1ccc(Oc2ncncc2Br)cc1Br. The maximum absolute atomic E-state index is 12.1. The lowest BCUT2D eigenvalue weighted by molar-refractivity contribution is -0.274. The van der Waals surface area contributed by atoms with Crippen LogP contribution in [0.5, 0.6) is 17.4 Å². The Morgan fingerprint density at radius 1 is 1.10 bits per heavy atom. The van der Waals surface area contributed by atoms with Crippen LogP contribution in [0.2, 0.25) is 0 Å². The second kappa shape index (κ2) is 5.96. The third-order valence-electron chi connectivity index (χ3n) is 1.98. The number of hydrogen-bond donors (Lipinski definition) is 0. The predicted octanol–water partition coefficient (Wildman–Crippen LogP) is 4.69. The van der Waals surface area contributed by atoms with E-state index >= 15 is 0 Å². The normalized spacial score (nSPS) is 11.2. The van der Waals surface area contributed by atoms with Gasteiger partial charge in [-0.2, -0.15) is 0 Å². The summed E-state index contributed by atoms with van der Waals surface area (Å²) in [6, 6.07) is 3.82. The maximum Gasteiger partial charge on any atom is 0.573 e. The van der Waals surface area contributed by atoms with Crippen molar-refractivity contribution in [1.29, 1.82) is 0 Å². The summed E-state index contributed by atoms with van der Waals surface area (Å²) in [7, 11) is 0. The van der Waals surface area contributed by atoms with E-state index in [-0.39, 0.29) is 16.1 Å². The van der Waals surface area contributed by atoms with Crippen LogP contribution in [-0.2, 0) is 0 Å². The van der Waals surface area contributed by atoms with Crippen LogP contribution in [0.4, 0.5) is 13.2 Å². The highest BCUT2D eigenvalue weighted by molar-refractivity contribution is 9.10. The van der Waals surface area contributed by atoms with Gasteiger partial charge in [-0.25, -0.2) is 9.97 Å². The van der Waals surface area contributed by atoms with Crippen LogP contribution in [0.25, 0.3) is 0 Å². The maximum atomic E-state index is 12.1. The van der Waals surface area contributed by atoms with Crippen LogP contribution in [0.3, 0.4) is 0 Å². The van der Waals surface area contributed by atoms with Crippen molar-refractivity contribution in [2.45, 2.75) is 6.36 Å². The Balaban J connectivity index is 2.19. The van der Waals surface area contributed by atoms with Gasteiger partial charge < -0.3 is 9.47 Å². The van der Waals surface area contributed by atoms with Crippen LogP contribution < -0.4 is 9.47 Å². The van der Waals surface area contributed by atoms with E-state index in [0.717, 1.165) is 6.07 Å². The molecule has 0 aliphatic heterocycles. The van der Waals surface area contributed by atoms with Gasteiger partial charge in [0.1, 0.15) is 17.8 Å². The van der Waals surface area contributed by atoms with Gasteiger partial charge in [0, 0.05) is 6.20 Å². The summed E-state index contributed by atoms with van der Waals surface area (Å²) in [6.07, 6.45) is -1.98. The first kappa shape index (κ1) is 15.0. The molecule has 0 saturated heterocycles. The molecule has 9 heteroatoms. The number of benzene rings is 1. The second-order valence-electron chi connectivity index (χ2n) is 3.42. The Kier molecular flexibility index (Phi) is 4.48. The molecule has 1 aromatic carbocycles. The zero-order valence-corrected chi connectivity index (χ0v) is 12.7. The molecule has 1 heterocycles. The predicted molar refractivity (Wildman–Crippen MR) is 70.6 cm³/mol. The Morgan fingerprint density at radius 2 is 1.85 bits per heavy atom. The summed E-state index contributed by atoms with van der Waals surface area (Å²) in [6.45, 7) is 0. The van der Waals surface area contributed by atoms with Crippen molar-refractivity contribution < 1.29 is 22.6 Å². The molecule has 0 N–H and O–H groups in total. The van der Waals surface area contributed by atoms with Gasteiger partial charge in [-0.15, -0.1) is 13.2 Å². The number of alkyl halides is 3. The summed E-state index contributed by atoms with van der Waals surface area (Å²) in [5.41, 5.74) is 0. The molecule has 0 unspecified atom stereocenters. The van der Waals surface area contributed by atoms with E-state index in [0.29, 0.717) is 10.2 Å². The first-order valence-electron chi connectivity index (χ1n) is 5.04. The first-order valence-corrected chi connectivity index (χ1v) is 6.62. The van der Waals surface area contributed by atoms with Gasteiger partial charge >= 0.3 is 6.36 Å². The third-order valence-corrected chi connectivity index (χ3v) is 3.14. The van der Waals surface area contributed by atoms with Crippen molar-refractivity contribution in [3.05, 3.63) is 39.7 Å². The fourth-order valence-corrected chi connectivity index (χ4v) is 1.98. The molecular weight excluding hydrogens is 409 g/mol. The Morgan fingerprint density at radius 3 is 2.45 bits per heavy atom. The lowest BCUT2D eigenvalue weighted by Gasteiger charge is -2.12. The molecule has 1 aromatic heterocycles. The molecule has 106 valence electrons. The van der Waals surface area contributed by atoms with E-state index in [9.17, 15) is 13.2 Å². The molecule has 0 aliphatic carbocycles. The number of hydrogen-bond acceptors (Lipinski definition) is 4. The number of aromatic nitrogens is 2. The van der Waals surface area contributed by atoms with Crippen molar-refractivity contribution in [3.8, 4) is 17.4 Å². The highest BCUT2D eigenvalue weighted by Gasteiger charge is 2.32.